The highest BCUT2D eigenvalue weighted by molar-refractivity contribution is 8.08. The highest BCUT2D eigenvalue weighted by Crippen LogP contribution is 2.43. The molecule has 0 radical (unpaired) electrons. The van der Waals surface area contributed by atoms with Gasteiger partial charge in [0.05, 0.1) is 13.2 Å². The lowest BCUT2D eigenvalue weighted by molar-refractivity contribution is 0.258. The Labute approximate surface area is 128 Å². The second kappa shape index (κ2) is 13.8. The first kappa shape index (κ1) is 19.8. The van der Waals surface area contributed by atoms with Crippen LogP contribution in [0.25, 0.3) is 0 Å². The third-order valence-electron chi connectivity index (χ3n) is 2.27. The van der Waals surface area contributed by atoms with Crippen molar-refractivity contribution in [1.29, 1.82) is 0 Å². The van der Waals surface area contributed by atoms with Crippen molar-refractivity contribution in [1.82, 2.24) is 10.4 Å². The minimum absolute atomic E-state index is 0.589. The number of unbranched alkanes of at least 4 members (excludes halogenated alkanes) is 1. The highest BCUT2D eigenvalue weighted by atomic mass is 32.5. The minimum atomic E-state index is -2.25. The summed E-state index contributed by atoms with van der Waals surface area (Å²) in [6.45, 7) is 7.76. The van der Waals surface area contributed by atoms with E-state index in [0.29, 0.717) is 13.2 Å². The molecule has 0 amide bonds. The SMILES string of the molecule is CCCCSCCNCCNP(=S)(OCC)OCC. The van der Waals surface area contributed by atoms with E-state index in [9.17, 15) is 0 Å². The van der Waals surface area contributed by atoms with Crippen molar-refractivity contribution in [3.63, 3.8) is 0 Å². The molecule has 4 nitrogen and oxygen atoms in total. The smallest absolute Gasteiger partial charge is 0.261 e. The number of thioether (sulfide) groups is 1. The fourth-order valence-corrected chi connectivity index (χ4v) is 4.58. The molecule has 0 aromatic carbocycles. The molecule has 0 aromatic rings. The molecule has 116 valence electrons. The fraction of sp³-hybridized carbons (Fsp3) is 1.00. The van der Waals surface area contributed by atoms with Gasteiger partial charge in [0.25, 0.3) is 6.64 Å². The van der Waals surface area contributed by atoms with Gasteiger partial charge in [-0.2, -0.15) is 11.8 Å². The zero-order chi connectivity index (χ0) is 14.4. The summed E-state index contributed by atoms with van der Waals surface area (Å²) in [7, 11) is 0. The van der Waals surface area contributed by atoms with Gasteiger partial charge in [-0.05, 0) is 37.8 Å². The average Bonchev–Trinajstić information content (AvgIpc) is 2.37. The van der Waals surface area contributed by atoms with Gasteiger partial charge in [0.1, 0.15) is 0 Å². The van der Waals surface area contributed by atoms with Crippen molar-refractivity contribution in [2.75, 3.05) is 44.4 Å². The van der Waals surface area contributed by atoms with E-state index in [4.69, 9.17) is 20.9 Å². The van der Waals surface area contributed by atoms with E-state index in [-0.39, 0.29) is 0 Å². The molecule has 0 aliphatic heterocycles. The molecule has 19 heavy (non-hydrogen) atoms. The summed E-state index contributed by atoms with van der Waals surface area (Å²) in [4.78, 5) is 0. The van der Waals surface area contributed by atoms with Crippen LogP contribution in [0.4, 0.5) is 0 Å². The zero-order valence-electron chi connectivity index (χ0n) is 12.4. The van der Waals surface area contributed by atoms with Crippen LogP contribution < -0.4 is 10.4 Å². The number of hydrogen-bond acceptors (Lipinski definition) is 5. The van der Waals surface area contributed by atoms with Crippen LogP contribution in [-0.4, -0.2) is 44.4 Å². The normalized spacial score (nSPS) is 11.9. The quantitative estimate of drug-likeness (QED) is 0.377. The first-order valence-electron chi connectivity index (χ1n) is 7.11. The van der Waals surface area contributed by atoms with Crippen LogP contribution in [0.2, 0.25) is 0 Å². The summed E-state index contributed by atoms with van der Waals surface area (Å²) >= 11 is 7.38. The van der Waals surface area contributed by atoms with Crippen LogP contribution >= 0.6 is 18.4 Å². The van der Waals surface area contributed by atoms with Crippen LogP contribution in [-0.2, 0) is 20.9 Å². The van der Waals surface area contributed by atoms with E-state index in [1.54, 1.807) is 0 Å². The van der Waals surface area contributed by atoms with Crippen molar-refractivity contribution in [2.24, 2.45) is 0 Å². The summed E-state index contributed by atoms with van der Waals surface area (Å²) in [5.41, 5.74) is 0. The molecule has 7 heteroatoms. The molecule has 0 rings (SSSR count). The first-order chi connectivity index (χ1) is 9.18. The molecule has 0 aromatic heterocycles. The zero-order valence-corrected chi connectivity index (χ0v) is 15.0. The number of rotatable bonds is 14. The van der Waals surface area contributed by atoms with Crippen LogP contribution in [0, 0.1) is 0 Å². The summed E-state index contributed by atoms with van der Waals surface area (Å²) in [6, 6.07) is 0. The van der Waals surface area contributed by atoms with Crippen molar-refractivity contribution in [3.8, 4) is 0 Å². The molecule has 2 N–H and O–H groups in total. The molecule has 0 atom stereocenters. The van der Waals surface area contributed by atoms with Gasteiger partial charge < -0.3 is 14.4 Å². The van der Waals surface area contributed by atoms with Crippen LogP contribution in [0.3, 0.4) is 0 Å². The highest BCUT2D eigenvalue weighted by Gasteiger charge is 2.15. The van der Waals surface area contributed by atoms with Gasteiger partial charge in [0, 0.05) is 25.4 Å². The van der Waals surface area contributed by atoms with E-state index in [2.05, 4.69) is 17.3 Å². The largest absolute Gasteiger partial charge is 0.318 e. The van der Waals surface area contributed by atoms with Gasteiger partial charge in [-0.3, -0.25) is 0 Å². The standard InChI is InChI=1S/C12H29N2O2PS2/c1-4-7-11-19-12-10-13-8-9-14-17(18,15-5-2)16-6-3/h13H,4-12H2,1-3H3,(H,14,18). The summed E-state index contributed by atoms with van der Waals surface area (Å²) in [6.07, 6.45) is 2.60. The second-order valence-electron chi connectivity index (χ2n) is 3.96. The fourth-order valence-electron chi connectivity index (χ4n) is 1.37. The Hall–Kier alpha value is 0.840. The minimum Gasteiger partial charge on any atom is -0.318 e. The van der Waals surface area contributed by atoms with E-state index in [0.717, 1.165) is 19.6 Å². The molecule has 0 spiro atoms. The van der Waals surface area contributed by atoms with Gasteiger partial charge >= 0.3 is 0 Å². The molecule has 0 heterocycles. The topological polar surface area (TPSA) is 42.5 Å². The maximum Gasteiger partial charge on any atom is 0.261 e. The van der Waals surface area contributed by atoms with E-state index in [1.165, 1.54) is 24.3 Å². The second-order valence-corrected chi connectivity index (χ2v) is 8.45. The summed E-state index contributed by atoms with van der Waals surface area (Å²) in [5, 5.41) is 6.62. The van der Waals surface area contributed by atoms with Gasteiger partial charge in [0.15, 0.2) is 0 Å². The first-order valence-corrected chi connectivity index (χ1v) is 10.9. The molecule has 0 aliphatic rings. The Bertz CT molecular complexity index is 236. The lowest BCUT2D eigenvalue weighted by atomic mass is 10.4. The van der Waals surface area contributed by atoms with Crippen molar-refractivity contribution < 1.29 is 9.05 Å². The molecule has 0 fully saturated rings. The lowest BCUT2D eigenvalue weighted by Gasteiger charge is -2.21. The van der Waals surface area contributed by atoms with Crippen LogP contribution in [0.1, 0.15) is 33.6 Å². The third kappa shape index (κ3) is 12.3. The lowest BCUT2D eigenvalue weighted by Crippen LogP contribution is -2.28. The Morgan fingerprint density at radius 1 is 1.00 bits per heavy atom. The maximum absolute atomic E-state index is 5.50. The molecule has 0 saturated carbocycles. The van der Waals surface area contributed by atoms with Crippen LogP contribution in [0.15, 0.2) is 0 Å². The van der Waals surface area contributed by atoms with Crippen molar-refractivity contribution >= 4 is 30.2 Å². The molecular weight excluding hydrogens is 299 g/mol. The average molecular weight is 328 g/mol. The van der Waals surface area contributed by atoms with E-state index < -0.39 is 6.64 Å². The monoisotopic (exact) mass is 328 g/mol. The van der Waals surface area contributed by atoms with Gasteiger partial charge in [0.2, 0.25) is 0 Å². The van der Waals surface area contributed by atoms with Gasteiger partial charge in [-0.1, -0.05) is 13.3 Å². The predicted molar refractivity (Wildman–Crippen MR) is 90.6 cm³/mol. The summed E-state index contributed by atoms with van der Waals surface area (Å²) < 4.78 is 11.0. The Morgan fingerprint density at radius 2 is 1.68 bits per heavy atom. The van der Waals surface area contributed by atoms with E-state index in [1.807, 2.05) is 25.6 Å². The summed E-state index contributed by atoms with van der Waals surface area (Å²) in [5.74, 6) is 2.44. The van der Waals surface area contributed by atoms with E-state index >= 15 is 0 Å². The molecule has 0 aliphatic carbocycles. The van der Waals surface area contributed by atoms with Gasteiger partial charge in [-0.25, -0.2) is 5.09 Å². The van der Waals surface area contributed by atoms with Crippen molar-refractivity contribution in [2.45, 2.75) is 33.6 Å². The number of nitrogens with one attached hydrogen (secondary N) is 2. The Balaban J connectivity index is 3.47. The third-order valence-corrected chi connectivity index (χ3v) is 6.17. The van der Waals surface area contributed by atoms with Gasteiger partial charge in [-0.15, -0.1) is 0 Å². The Kier molecular flexibility index (Phi) is 14.4. The van der Waals surface area contributed by atoms with Crippen molar-refractivity contribution in [3.05, 3.63) is 0 Å². The van der Waals surface area contributed by atoms with Crippen LogP contribution in [0.5, 0.6) is 0 Å². The molecular formula is C12H29N2O2PS2. The molecule has 0 bridgehead atoms. The number of hydrogen-bond donors (Lipinski definition) is 2. The maximum atomic E-state index is 5.50. The Morgan fingerprint density at radius 3 is 2.26 bits per heavy atom. The predicted octanol–water partition coefficient (Wildman–Crippen LogP) is 3.00. The molecule has 0 unspecified atom stereocenters. The molecule has 0 saturated heterocycles.